The third-order valence-corrected chi connectivity index (χ3v) is 3.49. The summed E-state index contributed by atoms with van der Waals surface area (Å²) in [5.74, 6) is 0.0524. The van der Waals surface area contributed by atoms with E-state index >= 15 is 0 Å². The summed E-state index contributed by atoms with van der Waals surface area (Å²) in [5.41, 5.74) is 7.64. The number of aryl methyl sites for hydroxylation is 2. The van der Waals surface area contributed by atoms with Gasteiger partial charge in [0.05, 0.1) is 11.0 Å². The molecule has 23 heavy (non-hydrogen) atoms. The summed E-state index contributed by atoms with van der Waals surface area (Å²) in [6, 6.07) is 11.3. The lowest BCUT2D eigenvalue weighted by Crippen LogP contribution is -2.10. The van der Waals surface area contributed by atoms with Gasteiger partial charge in [-0.05, 0) is 30.2 Å². The number of carbonyl (C=O) groups excluding carboxylic acids is 1. The van der Waals surface area contributed by atoms with Gasteiger partial charge in [-0.3, -0.25) is 14.9 Å². The molecule has 2 aromatic carbocycles. The molecule has 2 N–H and O–H groups in total. The Balaban J connectivity index is 1.74. The molecule has 7 nitrogen and oxygen atoms in total. The molecule has 0 fully saturated rings. The molecule has 0 aliphatic carbocycles. The van der Waals surface area contributed by atoms with Crippen LogP contribution in [0.25, 0.3) is 11.1 Å². The second-order valence-corrected chi connectivity index (χ2v) is 5.08. The van der Waals surface area contributed by atoms with Gasteiger partial charge < -0.3 is 10.2 Å². The van der Waals surface area contributed by atoms with Crippen molar-refractivity contribution < 1.29 is 14.1 Å². The lowest BCUT2D eigenvalue weighted by Gasteiger charge is -2.00. The SMILES string of the molecule is NC(=O)c1ccc(CCc2nc3ccc([N+](=O)[O-])cc3o2)cc1. The molecule has 0 aliphatic heterocycles. The van der Waals surface area contributed by atoms with Gasteiger partial charge in [0.2, 0.25) is 5.91 Å². The summed E-state index contributed by atoms with van der Waals surface area (Å²) in [6.45, 7) is 0. The molecule has 0 aliphatic rings. The highest BCUT2D eigenvalue weighted by atomic mass is 16.6. The maximum Gasteiger partial charge on any atom is 0.273 e. The minimum absolute atomic E-state index is 0.0257. The lowest BCUT2D eigenvalue weighted by atomic mass is 10.1. The molecule has 0 spiro atoms. The summed E-state index contributed by atoms with van der Waals surface area (Å²) in [7, 11) is 0. The van der Waals surface area contributed by atoms with Crippen LogP contribution in [0, 0.1) is 10.1 Å². The molecular weight excluding hydrogens is 298 g/mol. The van der Waals surface area contributed by atoms with E-state index in [1.807, 2.05) is 12.1 Å². The van der Waals surface area contributed by atoms with Crippen molar-refractivity contribution in [3.63, 3.8) is 0 Å². The molecule has 0 saturated carbocycles. The predicted molar refractivity (Wildman–Crippen MR) is 83.0 cm³/mol. The minimum Gasteiger partial charge on any atom is -0.440 e. The van der Waals surface area contributed by atoms with Gasteiger partial charge in [-0.2, -0.15) is 0 Å². The third-order valence-electron chi connectivity index (χ3n) is 3.49. The topological polar surface area (TPSA) is 112 Å². The zero-order valence-electron chi connectivity index (χ0n) is 12.1. The monoisotopic (exact) mass is 311 g/mol. The van der Waals surface area contributed by atoms with Gasteiger partial charge >= 0.3 is 0 Å². The maximum atomic E-state index is 11.0. The van der Waals surface area contributed by atoms with Crippen LogP contribution in [0.4, 0.5) is 5.69 Å². The van der Waals surface area contributed by atoms with Crippen molar-refractivity contribution in [1.82, 2.24) is 4.98 Å². The molecule has 0 radical (unpaired) electrons. The zero-order valence-corrected chi connectivity index (χ0v) is 12.1. The van der Waals surface area contributed by atoms with Gasteiger partial charge in [-0.1, -0.05) is 12.1 Å². The molecule has 1 aromatic heterocycles. The Labute approximate surface area is 130 Å². The number of rotatable bonds is 5. The zero-order chi connectivity index (χ0) is 16.4. The molecule has 0 bridgehead atoms. The summed E-state index contributed by atoms with van der Waals surface area (Å²) >= 11 is 0. The van der Waals surface area contributed by atoms with Crippen LogP contribution in [0.3, 0.4) is 0 Å². The number of nitro benzene ring substituents is 1. The number of carbonyl (C=O) groups is 1. The van der Waals surface area contributed by atoms with E-state index in [1.165, 1.54) is 12.1 Å². The van der Waals surface area contributed by atoms with E-state index in [4.69, 9.17) is 10.2 Å². The van der Waals surface area contributed by atoms with Crippen LogP contribution in [-0.2, 0) is 12.8 Å². The van der Waals surface area contributed by atoms with E-state index in [0.29, 0.717) is 35.4 Å². The van der Waals surface area contributed by atoms with Crippen molar-refractivity contribution in [2.75, 3.05) is 0 Å². The number of fused-ring (bicyclic) bond motifs is 1. The number of non-ortho nitro benzene ring substituents is 1. The van der Waals surface area contributed by atoms with Crippen LogP contribution in [0.2, 0.25) is 0 Å². The molecule has 3 aromatic rings. The Morgan fingerprint density at radius 1 is 1.17 bits per heavy atom. The molecular formula is C16H13N3O4. The van der Waals surface area contributed by atoms with Crippen molar-refractivity contribution in [2.24, 2.45) is 5.73 Å². The number of aromatic nitrogens is 1. The molecule has 0 saturated heterocycles. The van der Waals surface area contributed by atoms with Crippen LogP contribution < -0.4 is 5.73 Å². The van der Waals surface area contributed by atoms with E-state index < -0.39 is 10.8 Å². The molecule has 1 heterocycles. The summed E-state index contributed by atoms with van der Waals surface area (Å²) in [5, 5.41) is 10.7. The molecule has 0 atom stereocenters. The standard InChI is InChI=1S/C16H13N3O4/c17-16(20)11-4-1-10(2-5-11)3-8-15-18-13-7-6-12(19(21)22)9-14(13)23-15/h1-2,4-7,9H,3,8H2,(H2,17,20). The molecule has 1 amide bonds. The molecule has 116 valence electrons. The van der Waals surface area contributed by atoms with Crippen molar-refractivity contribution in [3.8, 4) is 0 Å². The quantitative estimate of drug-likeness (QED) is 0.575. The largest absolute Gasteiger partial charge is 0.440 e. The molecule has 7 heteroatoms. The van der Waals surface area contributed by atoms with Crippen molar-refractivity contribution in [1.29, 1.82) is 0 Å². The lowest BCUT2D eigenvalue weighted by molar-refractivity contribution is -0.384. The predicted octanol–water partition coefficient (Wildman–Crippen LogP) is 2.62. The first kappa shape index (κ1) is 14.7. The minimum atomic E-state index is -0.470. The number of nitrogens with zero attached hydrogens (tertiary/aromatic N) is 2. The number of nitro groups is 1. The summed E-state index contributed by atoms with van der Waals surface area (Å²) < 4.78 is 5.55. The van der Waals surface area contributed by atoms with Crippen LogP contribution >= 0.6 is 0 Å². The van der Waals surface area contributed by atoms with Crippen molar-refractivity contribution >= 4 is 22.7 Å². The third kappa shape index (κ3) is 3.18. The number of amides is 1. The van der Waals surface area contributed by atoms with Gasteiger partial charge in [0, 0.05) is 18.1 Å². The van der Waals surface area contributed by atoms with E-state index in [-0.39, 0.29) is 5.69 Å². The Morgan fingerprint density at radius 3 is 2.57 bits per heavy atom. The van der Waals surface area contributed by atoms with Crippen LogP contribution in [0.1, 0.15) is 21.8 Å². The van der Waals surface area contributed by atoms with Gasteiger partial charge in [-0.15, -0.1) is 0 Å². The number of hydrogen-bond donors (Lipinski definition) is 1. The van der Waals surface area contributed by atoms with Gasteiger partial charge in [0.25, 0.3) is 5.69 Å². The number of nitrogens with two attached hydrogens (primary N) is 1. The second kappa shape index (κ2) is 5.88. The van der Waals surface area contributed by atoms with E-state index in [9.17, 15) is 14.9 Å². The van der Waals surface area contributed by atoms with Crippen LogP contribution in [-0.4, -0.2) is 15.8 Å². The van der Waals surface area contributed by atoms with Crippen molar-refractivity contribution in [3.05, 3.63) is 69.6 Å². The fourth-order valence-electron chi connectivity index (χ4n) is 2.27. The second-order valence-electron chi connectivity index (χ2n) is 5.08. The van der Waals surface area contributed by atoms with Crippen LogP contribution in [0.15, 0.2) is 46.9 Å². The normalized spacial score (nSPS) is 10.8. The van der Waals surface area contributed by atoms with Gasteiger partial charge in [-0.25, -0.2) is 4.98 Å². The number of hydrogen-bond acceptors (Lipinski definition) is 5. The molecule has 3 rings (SSSR count). The fourth-order valence-corrected chi connectivity index (χ4v) is 2.27. The summed E-state index contributed by atoms with van der Waals surface area (Å²) in [6.07, 6.45) is 1.23. The number of primary amides is 1. The average molecular weight is 311 g/mol. The smallest absolute Gasteiger partial charge is 0.273 e. The number of oxazole rings is 1. The first-order valence-electron chi connectivity index (χ1n) is 6.95. The Hall–Kier alpha value is -3.22. The Bertz CT molecular complexity index is 884. The summed E-state index contributed by atoms with van der Waals surface area (Å²) in [4.78, 5) is 25.6. The Morgan fingerprint density at radius 2 is 1.91 bits per heavy atom. The highest BCUT2D eigenvalue weighted by molar-refractivity contribution is 5.92. The number of benzene rings is 2. The molecule has 0 unspecified atom stereocenters. The first-order chi connectivity index (χ1) is 11.0. The fraction of sp³-hybridized carbons (Fsp3) is 0.125. The first-order valence-corrected chi connectivity index (χ1v) is 6.95. The maximum absolute atomic E-state index is 11.0. The van der Waals surface area contributed by atoms with E-state index in [0.717, 1.165) is 5.56 Å². The Kier molecular flexibility index (Phi) is 3.76. The van der Waals surface area contributed by atoms with Gasteiger partial charge in [0.1, 0.15) is 5.52 Å². The highest BCUT2D eigenvalue weighted by Crippen LogP contribution is 2.22. The van der Waals surface area contributed by atoms with Gasteiger partial charge in [0.15, 0.2) is 11.5 Å². The average Bonchev–Trinajstić information content (AvgIpc) is 2.95. The van der Waals surface area contributed by atoms with Crippen molar-refractivity contribution in [2.45, 2.75) is 12.8 Å². The van der Waals surface area contributed by atoms with E-state index in [2.05, 4.69) is 4.98 Å². The van der Waals surface area contributed by atoms with E-state index in [1.54, 1.807) is 18.2 Å². The van der Waals surface area contributed by atoms with Crippen LogP contribution in [0.5, 0.6) is 0 Å². The highest BCUT2D eigenvalue weighted by Gasteiger charge is 2.11.